The average Bonchev–Trinajstić information content (AvgIpc) is 2.61. The molecule has 2 aromatic rings. The molecule has 0 heterocycles. The van der Waals surface area contributed by atoms with E-state index < -0.39 is 0 Å². The van der Waals surface area contributed by atoms with Crippen LogP contribution in [0.5, 0.6) is 5.75 Å². The first-order valence-corrected chi connectivity index (χ1v) is 7.22. The second-order valence-electron chi connectivity index (χ2n) is 4.76. The van der Waals surface area contributed by atoms with Crippen LogP contribution in [0.4, 0.5) is 5.69 Å². The van der Waals surface area contributed by atoms with E-state index >= 15 is 0 Å². The van der Waals surface area contributed by atoms with Crippen molar-refractivity contribution >= 4 is 11.4 Å². The molecule has 0 atom stereocenters. The fourth-order valence-corrected chi connectivity index (χ4v) is 1.96. The molecule has 0 spiro atoms. The summed E-state index contributed by atoms with van der Waals surface area (Å²) in [7, 11) is 0. The van der Waals surface area contributed by atoms with Crippen LogP contribution in [-0.4, -0.2) is 12.3 Å². The van der Waals surface area contributed by atoms with E-state index in [0.717, 1.165) is 12.8 Å². The summed E-state index contributed by atoms with van der Waals surface area (Å²) in [5, 5.41) is 21.0. The van der Waals surface area contributed by atoms with Crippen molar-refractivity contribution < 1.29 is 4.74 Å². The fourth-order valence-electron chi connectivity index (χ4n) is 1.96. The van der Waals surface area contributed by atoms with Crippen LogP contribution in [0.1, 0.15) is 12.0 Å². The molecule has 0 fully saturated rings. The summed E-state index contributed by atoms with van der Waals surface area (Å²) < 4.78 is 5.71. The number of anilines is 1. The zero-order valence-electron chi connectivity index (χ0n) is 12.6. The smallest absolute Gasteiger partial charge is 0.237 e. The highest BCUT2D eigenvalue weighted by atomic mass is 16.5. The minimum atomic E-state index is -0.223. The van der Waals surface area contributed by atoms with Crippen molar-refractivity contribution in [2.24, 2.45) is 5.10 Å². The number of nitrogens with zero attached hydrogens (tertiary/aromatic N) is 3. The van der Waals surface area contributed by atoms with Gasteiger partial charge < -0.3 is 4.74 Å². The van der Waals surface area contributed by atoms with E-state index in [1.807, 2.05) is 30.3 Å². The Hall–Kier alpha value is -3.31. The Morgan fingerprint density at radius 2 is 1.83 bits per heavy atom. The molecule has 5 heteroatoms. The summed E-state index contributed by atoms with van der Waals surface area (Å²) in [4.78, 5) is 0. The van der Waals surface area contributed by atoms with Crippen LogP contribution in [0.15, 0.2) is 59.7 Å². The number of nitriles is 2. The van der Waals surface area contributed by atoms with Crippen LogP contribution in [-0.2, 0) is 6.42 Å². The first kappa shape index (κ1) is 16.1. The molecule has 23 heavy (non-hydrogen) atoms. The Morgan fingerprint density at radius 1 is 1.04 bits per heavy atom. The Morgan fingerprint density at radius 3 is 2.57 bits per heavy atom. The minimum Gasteiger partial charge on any atom is -0.494 e. The number of aryl methyl sites for hydroxylation is 1. The lowest BCUT2D eigenvalue weighted by Crippen LogP contribution is -2.00. The van der Waals surface area contributed by atoms with Gasteiger partial charge in [0.2, 0.25) is 5.71 Å². The molecule has 0 radical (unpaired) electrons. The van der Waals surface area contributed by atoms with Crippen molar-refractivity contribution in [2.75, 3.05) is 12.0 Å². The zero-order valence-corrected chi connectivity index (χ0v) is 12.6. The number of benzene rings is 2. The minimum absolute atomic E-state index is 0.223. The van der Waals surface area contributed by atoms with E-state index in [9.17, 15) is 0 Å². The third-order valence-electron chi connectivity index (χ3n) is 3.06. The van der Waals surface area contributed by atoms with Crippen molar-refractivity contribution in [1.82, 2.24) is 0 Å². The van der Waals surface area contributed by atoms with E-state index in [-0.39, 0.29) is 5.71 Å². The molecule has 0 aliphatic carbocycles. The number of hydrogen-bond donors (Lipinski definition) is 1. The Kier molecular flexibility index (Phi) is 6.19. The molecule has 0 aromatic heterocycles. The second-order valence-corrected chi connectivity index (χ2v) is 4.76. The van der Waals surface area contributed by atoms with Crippen LogP contribution in [0.25, 0.3) is 0 Å². The molecule has 1 N–H and O–H groups in total. The van der Waals surface area contributed by atoms with Gasteiger partial charge in [-0.1, -0.05) is 36.4 Å². The summed E-state index contributed by atoms with van der Waals surface area (Å²) in [6.45, 7) is 0.614. The Balaban J connectivity index is 1.82. The van der Waals surface area contributed by atoms with Gasteiger partial charge in [-0.3, -0.25) is 5.43 Å². The molecule has 2 rings (SSSR count). The van der Waals surface area contributed by atoms with Gasteiger partial charge in [0, 0.05) is 6.07 Å². The molecule has 5 nitrogen and oxygen atoms in total. The van der Waals surface area contributed by atoms with Gasteiger partial charge in [-0.25, -0.2) is 0 Å². The largest absolute Gasteiger partial charge is 0.494 e. The van der Waals surface area contributed by atoms with Crippen LogP contribution in [0.3, 0.4) is 0 Å². The van der Waals surface area contributed by atoms with Crippen LogP contribution >= 0.6 is 0 Å². The molecule has 0 unspecified atom stereocenters. The highest BCUT2D eigenvalue weighted by Crippen LogP contribution is 2.17. The van der Waals surface area contributed by atoms with Gasteiger partial charge in [0.15, 0.2) is 0 Å². The number of hydrazone groups is 1. The molecule has 0 amide bonds. The molecular formula is C18H16N4O. The maximum atomic E-state index is 8.63. The quantitative estimate of drug-likeness (QED) is 0.482. The highest BCUT2D eigenvalue weighted by molar-refractivity contribution is 6.10. The van der Waals surface area contributed by atoms with Crippen LogP contribution in [0, 0.1) is 22.7 Å². The van der Waals surface area contributed by atoms with Gasteiger partial charge in [0.25, 0.3) is 0 Å². The molecule has 0 bridgehead atoms. The standard InChI is InChI=1S/C18H16N4O/c19-13-17(14-20)22-21-16-9-4-10-18(12-16)23-11-5-8-15-6-2-1-3-7-15/h1-4,6-7,9-10,12,21H,5,8,11H2. The van der Waals surface area contributed by atoms with Gasteiger partial charge in [-0.15, -0.1) is 0 Å². The van der Waals surface area contributed by atoms with Crippen LogP contribution in [0.2, 0.25) is 0 Å². The summed E-state index contributed by atoms with van der Waals surface area (Å²) in [6.07, 6.45) is 1.89. The normalized spacial score (nSPS) is 9.30. The summed E-state index contributed by atoms with van der Waals surface area (Å²) in [5.41, 5.74) is 4.40. The molecule has 0 saturated heterocycles. The third-order valence-corrected chi connectivity index (χ3v) is 3.06. The summed E-state index contributed by atoms with van der Waals surface area (Å²) in [5.74, 6) is 0.716. The van der Waals surface area contributed by atoms with Crippen molar-refractivity contribution in [3.63, 3.8) is 0 Å². The molecular weight excluding hydrogens is 288 g/mol. The van der Waals surface area contributed by atoms with Crippen molar-refractivity contribution in [1.29, 1.82) is 10.5 Å². The van der Waals surface area contributed by atoms with E-state index in [4.69, 9.17) is 15.3 Å². The zero-order chi connectivity index (χ0) is 16.3. The van der Waals surface area contributed by atoms with Crippen LogP contribution < -0.4 is 10.2 Å². The molecule has 0 saturated carbocycles. The van der Waals surface area contributed by atoms with E-state index in [1.54, 1.807) is 24.3 Å². The maximum Gasteiger partial charge on any atom is 0.237 e. The number of rotatable bonds is 7. The van der Waals surface area contributed by atoms with Crippen molar-refractivity contribution in [3.8, 4) is 17.9 Å². The third kappa shape index (κ3) is 5.53. The van der Waals surface area contributed by atoms with Gasteiger partial charge in [0.05, 0.1) is 12.3 Å². The number of ether oxygens (including phenoxy) is 1. The lowest BCUT2D eigenvalue weighted by molar-refractivity contribution is 0.311. The first-order chi connectivity index (χ1) is 11.3. The van der Waals surface area contributed by atoms with Crippen molar-refractivity contribution in [3.05, 3.63) is 60.2 Å². The monoisotopic (exact) mass is 304 g/mol. The number of nitrogens with one attached hydrogen (secondary N) is 1. The molecule has 0 aliphatic rings. The summed E-state index contributed by atoms with van der Waals surface area (Å²) in [6, 6.07) is 20.9. The first-order valence-electron chi connectivity index (χ1n) is 7.22. The predicted octanol–water partition coefficient (Wildman–Crippen LogP) is 3.51. The summed E-state index contributed by atoms with van der Waals surface area (Å²) >= 11 is 0. The Labute approximate surface area is 135 Å². The fraction of sp³-hybridized carbons (Fsp3) is 0.167. The molecule has 114 valence electrons. The van der Waals surface area contributed by atoms with E-state index in [2.05, 4.69) is 22.7 Å². The Bertz CT molecular complexity index is 726. The second kappa shape index (κ2) is 8.86. The lowest BCUT2D eigenvalue weighted by atomic mass is 10.1. The molecule has 2 aromatic carbocycles. The maximum absolute atomic E-state index is 8.63. The highest BCUT2D eigenvalue weighted by Gasteiger charge is 1.98. The molecule has 0 aliphatic heterocycles. The van der Waals surface area contributed by atoms with E-state index in [1.165, 1.54) is 5.56 Å². The SMILES string of the molecule is N#CC(C#N)=NNc1cccc(OCCCc2ccccc2)c1. The topological polar surface area (TPSA) is 81.2 Å². The lowest BCUT2D eigenvalue weighted by Gasteiger charge is -2.08. The average molecular weight is 304 g/mol. The van der Waals surface area contributed by atoms with Gasteiger partial charge in [-0.2, -0.15) is 15.6 Å². The van der Waals surface area contributed by atoms with Gasteiger partial charge >= 0.3 is 0 Å². The predicted molar refractivity (Wildman–Crippen MR) is 89.0 cm³/mol. The number of hydrogen-bond acceptors (Lipinski definition) is 5. The van der Waals surface area contributed by atoms with E-state index in [0.29, 0.717) is 18.0 Å². The van der Waals surface area contributed by atoms with Crippen molar-refractivity contribution in [2.45, 2.75) is 12.8 Å². The van der Waals surface area contributed by atoms with Gasteiger partial charge in [0.1, 0.15) is 17.9 Å². The van der Waals surface area contributed by atoms with Gasteiger partial charge in [-0.05, 0) is 30.5 Å².